The minimum absolute atomic E-state index is 0.0458. The van der Waals surface area contributed by atoms with E-state index in [0.29, 0.717) is 12.3 Å². The molecule has 4 aliphatic carbocycles. The van der Waals surface area contributed by atoms with Crippen LogP contribution in [0.3, 0.4) is 0 Å². The second-order valence-electron chi connectivity index (χ2n) is 9.19. The van der Waals surface area contributed by atoms with Crippen LogP contribution in [0, 0.1) is 29.1 Å². The van der Waals surface area contributed by atoms with Crippen LogP contribution in [-0.2, 0) is 16.1 Å². The van der Waals surface area contributed by atoms with E-state index < -0.39 is 6.04 Å². The molecule has 142 valence electrons. The molecule has 4 saturated carbocycles. The second kappa shape index (κ2) is 6.75. The van der Waals surface area contributed by atoms with Crippen LogP contribution >= 0.6 is 0 Å². The van der Waals surface area contributed by atoms with Gasteiger partial charge in [-0.3, -0.25) is 9.59 Å². The lowest BCUT2D eigenvalue weighted by Crippen LogP contribution is -2.58. The molecule has 4 fully saturated rings. The Bertz CT molecular complexity index is 630. The summed E-state index contributed by atoms with van der Waals surface area (Å²) in [5, 5.41) is 6.02. The van der Waals surface area contributed by atoms with Gasteiger partial charge in [-0.25, -0.2) is 0 Å². The molecule has 2 N–H and O–H groups in total. The minimum atomic E-state index is -0.495. The van der Waals surface area contributed by atoms with E-state index in [1.807, 2.05) is 19.9 Å². The van der Waals surface area contributed by atoms with E-state index in [9.17, 15) is 9.59 Å². The normalized spacial score (nSPS) is 33.3. The first-order chi connectivity index (χ1) is 12.4. The Morgan fingerprint density at radius 3 is 2.27 bits per heavy atom. The Morgan fingerprint density at radius 2 is 1.77 bits per heavy atom. The van der Waals surface area contributed by atoms with Gasteiger partial charge in [0.15, 0.2) is 0 Å². The quantitative estimate of drug-likeness (QED) is 0.820. The highest BCUT2D eigenvalue weighted by atomic mass is 16.3. The molecule has 26 heavy (non-hydrogen) atoms. The second-order valence-corrected chi connectivity index (χ2v) is 9.19. The molecule has 1 atom stereocenters. The lowest BCUT2D eigenvalue weighted by Gasteiger charge is -2.55. The topological polar surface area (TPSA) is 71.3 Å². The SMILES string of the molecule is CC(C)[C@H](NC(=O)C12CC3CC(CC(C3)C1)C2)C(=O)NCc1ccco1. The van der Waals surface area contributed by atoms with Crippen molar-refractivity contribution in [3.8, 4) is 0 Å². The van der Waals surface area contributed by atoms with Crippen molar-refractivity contribution in [2.75, 3.05) is 0 Å². The Kier molecular flexibility index (Phi) is 4.57. The molecule has 4 bridgehead atoms. The van der Waals surface area contributed by atoms with Crippen LogP contribution in [0.25, 0.3) is 0 Å². The highest BCUT2D eigenvalue weighted by molar-refractivity contribution is 5.90. The lowest BCUT2D eigenvalue weighted by atomic mass is 9.49. The molecule has 5 heteroatoms. The first kappa shape index (κ1) is 17.6. The molecule has 0 radical (unpaired) electrons. The summed E-state index contributed by atoms with van der Waals surface area (Å²) < 4.78 is 5.27. The zero-order chi connectivity index (χ0) is 18.3. The third-order valence-electron chi connectivity index (χ3n) is 6.77. The molecule has 0 aliphatic heterocycles. The van der Waals surface area contributed by atoms with E-state index in [-0.39, 0.29) is 23.1 Å². The van der Waals surface area contributed by atoms with Gasteiger partial charge in [0.1, 0.15) is 11.8 Å². The third-order valence-corrected chi connectivity index (χ3v) is 6.77. The van der Waals surface area contributed by atoms with Gasteiger partial charge in [-0.05, 0) is 74.3 Å². The fourth-order valence-electron chi connectivity index (χ4n) is 5.92. The van der Waals surface area contributed by atoms with Crippen LogP contribution in [0.15, 0.2) is 22.8 Å². The van der Waals surface area contributed by atoms with E-state index >= 15 is 0 Å². The lowest BCUT2D eigenvalue weighted by molar-refractivity contribution is -0.149. The van der Waals surface area contributed by atoms with Crippen molar-refractivity contribution in [1.82, 2.24) is 10.6 Å². The van der Waals surface area contributed by atoms with Gasteiger partial charge in [0.05, 0.1) is 12.8 Å². The van der Waals surface area contributed by atoms with Gasteiger partial charge in [0, 0.05) is 5.41 Å². The molecule has 1 aromatic rings. The Labute approximate surface area is 155 Å². The van der Waals surface area contributed by atoms with E-state index in [1.54, 1.807) is 12.3 Å². The maximum Gasteiger partial charge on any atom is 0.243 e. The molecule has 0 unspecified atom stereocenters. The van der Waals surface area contributed by atoms with Crippen molar-refractivity contribution in [2.45, 2.75) is 65.0 Å². The van der Waals surface area contributed by atoms with Crippen molar-refractivity contribution >= 4 is 11.8 Å². The predicted octanol–water partition coefficient (Wildman–Crippen LogP) is 3.25. The summed E-state index contributed by atoms with van der Waals surface area (Å²) in [6, 6.07) is 3.14. The number of nitrogens with one attached hydrogen (secondary N) is 2. The summed E-state index contributed by atoms with van der Waals surface area (Å²) in [4.78, 5) is 25.9. The molecular weight excluding hydrogens is 328 g/mol. The van der Waals surface area contributed by atoms with Crippen LogP contribution in [-0.4, -0.2) is 17.9 Å². The average molecular weight is 358 g/mol. The van der Waals surface area contributed by atoms with Crippen molar-refractivity contribution in [3.63, 3.8) is 0 Å². The summed E-state index contributed by atoms with van der Waals surface area (Å²) in [6.07, 6.45) is 8.57. The highest BCUT2D eigenvalue weighted by Gasteiger charge is 2.55. The molecule has 0 spiro atoms. The van der Waals surface area contributed by atoms with Crippen molar-refractivity contribution < 1.29 is 14.0 Å². The van der Waals surface area contributed by atoms with Gasteiger partial charge in [0.2, 0.25) is 11.8 Å². The molecule has 0 saturated heterocycles. The molecule has 0 aromatic carbocycles. The number of carbonyl (C=O) groups is 2. The Morgan fingerprint density at radius 1 is 1.15 bits per heavy atom. The molecule has 2 amide bonds. The number of amides is 2. The summed E-state index contributed by atoms with van der Waals surface area (Å²) >= 11 is 0. The molecule has 5 nitrogen and oxygen atoms in total. The van der Waals surface area contributed by atoms with Crippen molar-refractivity contribution in [3.05, 3.63) is 24.2 Å². The smallest absolute Gasteiger partial charge is 0.243 e. The van der Waals surface area contributed by atoms with E-state index in [2.05, 4.69) is 10.6 Å². The van der Waals surface area contributed by atoms with E-state index in [1.165, 1.54) is 19.3 Å². The molecule has 1 aromatic heterocycles. The standard InChI is InChI=1S/C21H30N2O3/c1-13(2)18(19(24)22-12-17-4-3-5-26-17)23-20(25)21-9-14-6-15(10-21)8-16(7-14)11-21/h3-5,13-16,18H,6-12H2,1-2H3,(H,22,24)(H,23,25)/t14?,15?,16?,18-,21?/m0/s1. The molecule has 4 aliphatic rings. The number of carbonyl (C=O) groups excluding carboxylic acids is 2. The molecule has 1 heterocycles. The van der Waals surface area contributed by atoms with Gasteiger partial charge >= 0.3 is 0 Å². The largest absolute Gasteiger partial charge is 0.467 e. The van der Waals surface area contributed by atoms with Crippen LogP contribution in [0.5, 0.6) is 0 Å². The third kappa shape index (κ3) is 3.28. The summed E-state index contributed by atoms with van der Waals surface area (Å²) in [5.74, 6) is 2.91. The number of hydrogen-bond donors (Lipinski definition) is 2. The number of furan rings is 1. The Hall–Kier alpha value is -1.78. The van der Waals surface area contributed by atoms with Crippen LogP contribution in [0.2, 0.25) is 0 Å². The average Bonchev–Trinajstić information content (AvgIpc) is 3.09. The predicted molar refractivity (Wildman–Crippen MR) is 97.9 cm³/mol. The van der Waals surface area contributed by atoms with Crippen LogP contribution in [0.4, 0.5) is 0 Å². The maximum absolute atomic E-state index is 13.2. The molecular formula is C21H30N2O3. The van der Waals surface area contributed by atoms with Crippen molar-refractivity contribution in [1.29, 1.82) is 0 Å². The van der Waals surface area contributed by atoms with E-state index in [0.717, 1.165) is 37.0 Å². The van der Waals surface area contributed by atoms with E-state index in [4.69, 9.17) is 4.42 Å². The number of hydrogen-bond acceptors (Lipinski definition) is 3. The summed E-state index contributed by atoms with van der Waals surface area (Å²) in [5.41, 5.74) is -0.219. The van der Waals surface area contributed by atoms with Crippen molar-refractivity contribution in [2.24, 2.45) is 29.1 Å². The van der Waals surface area contributed by atoms with Gasteiger partial charge in [-0.2, -0.15) is 0 Å². The maximum atomic E-state index is 13.2. The fourth-order valence-corrected chi connectivity index (χ4v) is 5.92. The monoisotopic (exact) mass is 358 g/mol. The van der Waals surface area contributed by atoms with Gasteiger partial charge in [-0.1, -0.05) is 13.8 Å². The summed E-state index contributed by atoms with van der Waals surface area (Å²) in [7, 11) is 0. The molecule has 5 rings (SSSR count). The van der Waals surface area contributed by atoms with Crippen LogP contribution < -0.4 is 10.6 Å². The van der Waals surface area contributed by atoms with Gasteiger partial charge < -0.3 is 15.1 Å². The highest BCUT2D eigenvalue weighted by Crippen LogP contribution is 2.60. The van der Waals surface area contributed by atoms with Gasteiger partial charge in [0.25, 0.3) is 0 Å². The minimum Gasteiger partial charge on any atom is -0.467 e. The van der Waals surface area contributed by atoms with Crippen LogP contribution in [0.1, 0.15) is 58.1 Å². The first-order valence-electron chi connectivity index (χ1n) is 10.1. The Balaban J connectivity index is 1.41. The zero-order valence-electron chi connectivity index (χ0n) is 15.8. The fraction of sp³-hybridized carbons (Fsp3) is 0.714. The number of rotatable bonds is 6. The summed E-state index contributed by atoms with van der Waals surface area (Å²) in [6.45, 7) is 4.32. The van der Waals surface area contributed by atoms with Gasteiger partial charge in [-0.15, -0.1) is 0 Å². The first-order valence-corrected chi connectivity index (χ1v) is 10.1. The zero-order valence-corrected chi connectivity index (χ0v) is 15.8.